The van der Waals surface area contributed by atoms with Crippen LogP contribution in [0.1, 0.15) is 447 Å². The predicted molar refractivity (Wildman–Crippen MR) is 464 cm³/mol. The number of nitrogens with zero attached hydrogens (tertiary/aromatic N) is 2. The monoisotopic (exact) mass is 1450 g/mol. The van der Waals surface area contributed by atoms with E-state index in [9.17, 15) is 0 Å². The number of thiophene rings is 2. The van der Waals surface area contributed by atoms with Crippen molar-refractivity contribution >= 4 is 66.2 Å². The molecule has 7 aromatic rings. The summed E-state index contributed by atoms with van der Waals surface area (Å²) in [6, 6.07) is 15.6. The topological polar surface area (TPSA) is 41.6 Å². The quantitative estimate of drug-likeness (QED) is 0.0386. The number of H-pyrrole nitrogens is 1. The number of hydrogen-bond donors (Lipinski definition) is 1. The molecule has 4 aromatic heterocycles. The average molecular weight is 1450 g/mol. The van der Waals surface area contributed by atoms with Crippen molar-refractivity contribution < 1.29 is 0 Å². The number of hydrogen-bond acceptors (Lipinski definition) is 5. The molecule has 6 heteroatoms. The van der Waals surface area contributed by atoms with E-state index < -0.39 is 0 Å². The number of nitrogens with one attached hydrogen (secondary N) is 1. The lowest BCUT2D eigenvalue weighted by molar-refractivity contribution is 0.565. The van der Waals surface area contributed by atoms with Crippen LogP contribution in [0.25, 0.3) is 52.9 Å². The molecule has 0 aliphatic heterocycles. The Kier molecular flexibility index (Phi) is 49.6. The van der Waals surface area contributed by atoms with E-state index in [4.69, 9.17) is 0 Å². The Morgan fingerprint density at radius 3 is 0.980 bits per heavy atom. The molecular weight excluding hydrogens is 1290 g/mol. The summed E-state index contributed by atoms with van der Waals surface area (Å²) in [4.78, 5) is 7.09. The maximum absolute atomic E-state index is 4.56. The van der Waals surface area contributed by atoms with Gasteiger partial charge in [0.1, 0.15) is 5.52 Å². The van der Waals surface area contributed by atoms with E-state index >= 15 is 0 Å². The van der Waals surface area contributed by atoms with E-state index in [0.29, 0.717) is 0 Å². The van der Waals surface area contributed by atoms with Gasteiger partial charge in [0.05, 0.1) is 10.2 Å². The number of rotatable bonds is 65. The fraction of sp³-hybridized carbons (Fsp3) is 0.729. The second-order valence-corrected chi connectivity index (χ2v) is 34.5. The van der Waals surface area contributed by atoms with E-state index in [1.54, 1.807) is 55.6 Å². The summed E-state index contributed by atoms with van der Waals surface area (Å²) in [5.74, 6) is 0. The van der Waals surface area contributed by atoms with Crippen LogP contribution in [0.2, 0.25) is 0 Å². The number of unbranched alkanes of at least 4 members (excludes halogenated alkanes) is 49. The minimum Gasteiger partial charge on any atom is -0.354 e. The van der Waals surface area contributed by atoms with Gasteiger partial charge in [-0.2, -0.15) is 0 Å². The molecule has 0 radical (unpaired) electrons. The molecule has 0 saturated carbocycles. The highest BCUT2D eigenvalue weighted by atomic mass is 32.1. The number of benzene rings is 3. The fourth-order valence-corrected chi connectivity index (χ4v) is 19.0. The molecule has 574 valence electrons. The molecule has 0 atom stereocenters. The molecule has 0 saturated heterocycles. The van der Waals surface area contributed by atoms with E-state index in [-0.39, 0.29) is 0 Å². The van der Waals surface area contributed by atoms with Crippen molar-refractivity contribution in [2.45, 2.75) is 453 Å². The summed E-state index contributed by atoms with van der Waals surface area (Å²) < 4.78 is 5.24. The number of aromatic amines is 1. The summed E-state index contributed by atoms with van der Waals surface area (Å²) in [6.45, 7) is 16.6. The molecule has 0 spiro atoms. The lowest BCUT2D eigenvalue weighted by Gasteiger charge is -2.23. The van der Waals surface area contributed by atoms with Crippen LogP contribution in [0.5, 0.6) is 0 Å². The van der Waals surface area contributed by atoms with Gasteiger partial charge in [-0.15, -0.1) is 27.8 Å². The Balaban J connectivity index is 0.000000724. The van der Waals surface area contributed by atoms with Crippen molar-refractivity contribution in [2.24, 2.45) is 0 Å². The van der Waals surface area contributed by atoms with Crippen LogP contribution in [0, 0.1) is 0 Å². The molecule has 0 unspecified atom stereocenters. The van der Waals surface area contributed by atoms with Crippen molar-refractivity contribution in [1.29, 1.82) is 0 Å². The second kappa shape index (κ2) is 57.8. The number of aromatic nitrogens is 3. The zero-order chi connectivity index (χ0) is 72.0. The predicted octanol–water partition coefficient (Wildman–Crippen LogP) is 34.3. The van der Waals surface area contributed by atoms with Crippen LogP contribution in [0.15, 0.2) is 53.2 Å². The van der Waals surface area contributed by atoms with Crippen LogP contribution in [-0.4, -0.2) is 14.6 Å². The Morgan fingerprint density at radius 2 is 0.608 bits per heavy atom. The van der Waals surface area contributed by atoms with Crippen molar-refractivity contribution in [1.82, 2.24) is 14.6 Å². The normalized spacial score (nSPS) is 11.8. The molecule has 102 heavy (non-hydrogen) atoms. The molecule has 7 rings (SSSR count). The zero-order valence-corrected chi connectivity index (χ0v) is 70.3. The van der Waals surface area contributed by atoms with E-state index in [0.717, 1.165) is 10.2 Å². The molecule has 3 aromatic carbocycles. The summed E-state index contributed by atoms with van der Waals surface area (Å²) in [7, 11) is 0. The third-order valence-corrected chi connectivity index (χ3v) is 25.5. The van der Waals surface area contributed by atoms with Gasteiger partial charge in [-0.3, -0.25) is 0 Å². The first-order valence-corrected chi connectivity index (χ1v) is 47.5. The molecular formula is C96H157N3S3. The van der Waals surface area contributed by atoms with Crippen LogP contribution in [0.4, 0.5) is 0 Å². The average Bonchev–Trinajstić information content (AvgIpc) is 1.55. The van der Waals surface area contributed by atoms with Crippen LogP contribution < -0.4 is 0 Å². The Hall–Kier alpha value is -3.32. The Bertz CT molecular complexity index is 3100. The first kappa shape index (κ1) is 87.6. The summed E-state index contributed by atoms with van der Waals surface area (Å²) in [5, 5.41) is 12.0. The molecule has 0 bridgehead atoms. The van der Waals surface area contributed by atoms with Gasteiger partial charge in [0.15, 0.2) is 0 Å². The Labute approximate surface area is 642 Å². The summed E-state index contributed by atoms with van der Waals surface area (Å²) >= 11 is 4.96. The van der Waals surface area contributed by atoms with Gasteiger partial charge in [-0.1, -0.05) is 386 Å². The maximum Gasteiger partial charge on any atom is 0.115 e. The van der Waals surface area contributed by atoms with Crippen LogP contribution >= 0.6 is 34.2 Å². The first-order chi connectivity index (χ1) is 50.5. The summed E-state index contributed by atoms with van der Waals surface area (Å²) in [6.07, 6.45) is 87.9. The fourth-order valence-electron chi connectivity index (χ4n) is 16.9. The minimum atomic E-state index is 1.01. The first-order valence-electron chi connectivity index (χ1n) is 45.0. The highest BCUT2D eigenvalue weighted by Crippen LogP contribution is 2.45. The van der Waals surface area contributed by atoms with Gasteiger partial charge in [0, 0.05) is 37.2 Å². The highest BCUT2D eigenvalue weighted by Gasteiger charge is 2.26. The lowest BCUT2D eigenvalue weighted by atomic mass is 9.81. The molecule has 0 aliphatic carbocycles. The summed E-state index contributed by atoms with van der Waals surface area (Å²) in [5.41, 5.74) is 19.5. The smallest absolute Gasteiger partial charge is 0.115 e. The zero-order valence-electron chi connectivity index (χ0n) is 67.9. The van der Waals surface area contributed by atoms with Crippen molar-refractivity contribution in [2.75, 3.05) is 0 Å². The molecule has 1 N–H and O–H groups in total. The van der Waals surface area contributed by atoms with Crippen molar-refractivity contribution in [3.63, 3.8) is 0 Å². The van der Waals surface area contributed by atoms with E-state index in [1.807, 2.05) is 27.8 Å². The molecule has 4 heterocycles. The standard InChI is InChI=1S/C82H149N.C14H8N2S3/c1-8-15-22-29-36-43-50-57-64-72-71-79-80(76(68-61-54-47-40-33-26-19-12-5)73(72)65-58-51-44-37-30-23-16-9-2)81-77(69-62-55-48-41-34-27-20-13-6)74(66-59-52-45-38-31-24-17-10-3)75(67-60-53-46-39-32-25-18-11-4)78(82(81)83-79)70-63-56-49-42-35-28-21-14-7;1-3-10(17-7-1)9-5-6-12-14(15-16-19-12)13(9)11-4-2-8-18-11/h71,83H,8-70H2,1-7H3;1-8H. The van der Waals surface area contributed by atoms with Gasteiger partial charge in [-0.25, -0.2) is 0 Å². The van der Waals surface area contributed by atoms with E-state index in [1.165, 1.54) is 437 Å². The molecule has 0 amide bonds. The number of fused-ring (bicyclic) bond motifs is 4. The SMILES string of the molecule is CCCCCCCCCCc1cc2[nH]c3c(CCCCCCCCCC)c(CCCCCCCCCC)c(CCCCCCCCCC)c(CCCCCCCCCC)c3c2c(CCCCCCCCCC)c1CCCCCCCCCC.c1csc(-c2ccc3snnc3c2-c2cccs2)c1. The largest absolute Gasteiger partial charge is 0.354 e. The van der Waals surface area contributed by atoms with Gasteiger partial charge < -0.3 is 4.98 Å². The highest BCUT2D eigenvalue weighted by molar-refractivity contribution is 7.15. The second-order valence-electron chi connectivity index (χ2n) is 31.8. The van der Waals surface area contributed by atoms with Crippen molar-refractivity contribution in [3.8, 4) is 20.9 Å². The molecule has 0 aliphatic rings. The van der Waals surface area contributed by atoms with E-state index in [2.05, 4.69) is 116 Å². The number of aryl methyl sites for hydroxylation is 4. The molecule has 0 fully saturated rings. The van der Waals surface area contributed by atoms with Gasteiger partial charge in [0.2, 0.25) is 0 Å². The van der Waals surface area contributed by atoms with Crippen LogP contribution in [0.3, 0.4) is 0 Å². The van der Waals surface area contributed by atoms with Crippen molar-refractivity contribution in [3.05, 3.63) is 92.2 Å². The Morgan fingerprint density at radius 1 is 0.294 bits per heavy atom. The van der Waals surface area contributed by atoms with Gasteiger partial charge in [0.25, 0.3) is 0 Å². The third-order valence-electron chi connectivity index (χ3n) is 23.1. The maximum atomic E-state index is 4.56. The van der Waals surface area contributed by atoms with Gasteiger partial charge >= 0.3 is 0 Å². The minimum absolute atomic E-state index is 1.01. The lowest BCUT2D eigenvalue weighted by Crippen LogP contribution is -2.09. The third kappa shape index (κ3) is 33.0. The van der Waals surface area contributed by atoms with Crippen LogP contribution in [-0.2, 0) is 44.9 Å². The van der Waals surface area contributed by atoms with Gasteiger partial charge in [-0.05, 0) is 175 Å². The molecule has 3 nitrogen and oxygen atoms in total.